The number of anilines is 1. The molecule has 204 valence electrons. The van der Waals surface area contributed by atoms with E-state index in [9.17, 15) is 19.5 Å². The monoisotopic (exact) mass is 550 g/mol. The number of thiophene rings is 1. The number of nitrogens with one attached hydrogen (secondary N) is 2. The molecule has 0 aliphatic heterocycles. The molecule has 4 rings (SSSR count). The normalized spacial score (nSPS) is 13.4. The van der Waals surface area contributed by atoms with Gasteiger partial charge in [0.2, 0.25) is 0 Å². The fourth-order valence-corrected chi connectivity index (χ4v) is 5.47. The van der Waals surface area contributed by atoms with Crippen molar-refractivity contribution in [2.24, 2.45) is 10.8 Å². The lowest BCUT2D eigenvalue weighted by molar-refractivity contribution is -0.127. The van der Waals surface area contributed by atoms with Crippen LogP contribution >= 0.6 is 11.3 Å². The topological polar surface area (TPSA) is 152 Å². The van der Waals surface area contributed by atoms with E-state index < -0.39 is 17.9 Å². The van der Waals surface area contributed by atoms with Gasteiger partial charge in [-0.25, -0.2) is 5.43 Å². The van der Waals surface area contributed by atoms with Crippen molar-refractivity contribution in [1.82, 2.24) is 5.43 Å². The standard InChI is InChI=1S/C28H30N4O6S/c1-3-37-22-14-17(8-13-21(22)33)15-30-32-26(35)16(2)38-19-11-9-18(10-12-19)27(36)31-28-24(25(29)34)20-6-4-5-7-23(20)39-28/h8-16,33H,3-7H2,1-2H3,(H2,29,34)(H,31,36)(H,32,35)/b30-15-/t16-/m0/s1. The molecule has 0 radical (unpaired) electrons. The molecule has 0 spiro atoms. The molecule has 1 aromatic heterocycles. The number of aryl methyl sites for hydroxylation is 1. The van der Waals surface area contributed by atoms with Crippen LogP contribution in [0.4, 0.5) is 5.00 Å². The number of benzene rings is 2. The van der Waals surface area contributed by atoms with E-state index in [0.29, 0.717) is 39.8 Å². The summed E-state index contributed by atoms with van der Waals surface area (Å²) in [6.07, 6.45) is 4.27. The van der Waals surface area contributed by atoms with E-state index in [-0.39, 0.29) is 11.7 Å². The van der Waals surface area contributed by atoms with Crippen LogP contribution in [0.1, 0.15) is 63.4 Å². The van der Waals surface area contributed by atoms with Gasteiger partial charge in [0.05, 0.1) is 18.4 Å². The Morgan fingerprint density at radius 3 is 2.62 bits per heavy atom. The third-order valence-corrected chi connectivity index (χ3v) is 7.32. The molecular formula is C28H30N4O6S. The molecule has 3 amide bonds. The number of rotatable bonds is 10. The van der Waals surface area contributed by atoms with E-state index in [1.165, 1.54) is 23.6 Å². The van der Waals surface area contributed by atoms with Crippen LogP contribution in [-0.4, -0.2) is 41.8 Å². The zero-order valence-electron chi connectivity index (χ0n) is 21.7. The molecule has 11 heteroatoms. The highest BCUT2D eigenvalue weighted by Crippen LogP contribution is 2.38. The number of nitrogens with two attached hydrogens (primary N) is 1. The molecule has 1 heterocycles. The van der Waals surface area contributed by atoms with E-state index in [4.69, 9.17) is 15.2 Å². The molecule has 0 saturated carbocycles. The maximum atomic E-state index is 12.9. The lowest BCUT2D eigenvalue weighted by Gasteiger charge is -2.13. The molecule has 0 unspecified atom stereocenters. The van der Waals surface area contributed by atoms with Crippen LogP contribution in [0, 0.1) is 0 Å². The summed E-state index contributed by atoms with van der Waals surface area (Å²) in [6, 6.07) is 11.0. The number of primary amides is 1. The number of nitrogens with zero attached hydrogens (tertiary/aromatic N) is 1. The lowest BCUT2D eigenvalue weighted by atomic mass is 9.95. The minimum absolute atomic E-state index is 0.0178. The van der Waals surface area contributed by atoms with Gasteiger partial charge in [0, 0.05) is 10.4 Å². The maximum Gasteiger partial charge on any atom is 0.280 e. The molecule has 5 N–H and O–H groups in total. The van der Waals surface area contributed by atoms with Crippen molar-refractivity contribution in [1.29, 1.82) is 0 Å². The number of fused-ring (bicyclic) bond motifs is 1. The predicted octanol–water partition coefficient (Wildman–Crippen LogP) is 4.00. The molecule has 39 heavy (non-hydrogen) atoms. The van der Waals surface area contributed by atoms with Gasteiger partial charge < -0.3 is 25.6 Å². The quantitative estimate of drug-likeness (QED) is 0.221. The van der Waals surface area contributed by atoms with Crippen LogP contribution in [0.2, 0.25) is 0 Å². The van der Waals surface area contributed by atoms with Gasteiger partial charge in [-0.05, 0) is 93.1 Å². The Morgan fingerprint density at radius 2 is 1.90 bits per heavy atom. The Bertz CT molecular complexity index is 1400. The van der Waals surface area contributed by atoms with Gasteiger partial charge in [-0.15, -0.1) is 11.3 Å². The first-order valence-corrected chi connectivity index (χ1v) is 13.4. The van der Waals surface area contributed by atoms with Crippen molar-refractivity contribution in [3.05, 3.63) is 69.6 Å². The highest BCUT2D eigenvalue weighted by Gasteiger charge is 2.25. The van der Waals surface area contributed by atoms with E-state index in [2.05, 4.69) is 15.8 Å². The zero-order valence-corrected chi connectivity index (χ0v) is 22.5. The second kappa shape index (κ2) is 12.4. The third kappa shape index (κ3) is 6.74. The molecule has 3 aromatic rings. The fourth-order valence-electron chi connectivity index (χ4n) is 4.18. The Morgan fingerprint density at radius 1 is 1.15 bits per heavy atom. The van der Waals surface area contributed by atoms with Crippen LogP contribution in [0.15, 0.2) is 47.6 Å². The summed E-state index contributed by atoms with van der Waals surface area (Å²) in [7, 11) is 0. The van der Waals surface area contributed by atoms with E-state index in [0.717, 1.165) is 36.1 Å². The lowest BCUT2D eigenvalue weighted by Crippen LogP contribution is -2.33. The summed E-state index contributed by atoms with van der Waals surface area (Å²) in [5.74, 6) is -0.651. The number of ether oxygens (including phenoxy) is 2. The number of phenolic OH excluding ortho intramolecular Hbond substituents is 1. The minimum Gasteiger partial charge on any atom is -0.504 e. The smallest absolute Gasteiger partial charge is 0.280 e. The maximum absolute atomic E-state index is 12.9. The van der Waals surface area contributed by atoms with Crippen molar-refractivity contribution in [2.75, 3.05) is 11.9 Å². The van der Waals surface area contributed by atoms with Gasteiger partial charge in [0.25, 0.3) is 17.7 Å². The molecule has 2 aromatic carbocycles. The van der Waals surface area contributed by atoms with Gasteiger partial charge >= 0.3 is 0 Å². The van der Waals surface area contributed by atoms with Gasteiger partial charge in [-0.3, -0.25) is 14.4 Å². The second-order valence-electron chi connectivity index (χ2n) is 8.91. The van der Waals surface area contributed by atoms with E-state index >= 15 is 0 Å². The summed E-state index contributed by atoms with van der Waals surface area (Å²) < 4.78 is 11.0. The average molecular weight is 551 g/mol. The Balaban J connectivity index is 1.33. The molecule has 1 aliphatic carbocycles. The number of carbonyl (C=O) groups excluding carboxylic acids is 3. The highest BCUT2D eigenvalue weighted by molar-refractivity contribution is 7.17. The third-order valence-electron chi connectivity index (χ3n) is 6.12. The largest absolute Gasteiger partial charge is 0.504 e. The van der Waals surface area contributed by atoms with Crippen LogP contribution in [0.3, 0.4) is 0 Å². The van der Waals surface area contributed by atoms with Gasteiger partial charge in [0.15, 0.2) is 17.6 Å². The van der Waals surface area contributed by atoms with Crippen molar-refractivity contribution in [3.63, 3.8) is 0 Å². The van der Waals surface area contributed by atoms with E-state index in [1.807, 2.05) is 6.92 Å². The molecule has 1 atom stereocenters. The number of aromatic hydroxyl groups is 1. The van der Waals surface area contributed by atoms with Crippen LogP contribution in [0.5, 0.6) is 17.2 Å². The van der Waals surface area contributed by atoms with Crippen molar-refractivity contribution in [3.8, 4) is 17.2 Å². The molecule has 0 saturated heterocycles. The number of phenols is 1. The first-order valence-electron chi connectivity index (χ1n) is 12.6. The summed E-state index contributed by atoms with van der Waals surface area (Å²) in [6.45, 7) is 3.78. The highest BCUT2D eigenvalue weighted by atomic mass is 32.1. The van der Waals surface area contributed by atoms with Crippen molar-refractivity contribution >= 4 is 40.3 Å². The minimum atomic E-state index is -0.865. The van der Waals surface area contributed by atoms with Crippen LogP contribution in [-0.2, 0) is 17.6 Å². The van der Waals surface area contributed by atoms with Crippen molar-refractivity contribution < 1.29 is 29.0 Å². The summed E-state index contributed by atoms with van der Waals surface area (Å²) in [5.41, 5.74) is 10.4. The van der Waals surface area contributed by atoms with Crippen LogP contribution in [0.25, 0.3) is 0 Å². The first-order chi connectivity index (χ1) is 18.8. The molecule has 0 fully saturated rings. The Labute approximate surface area is 229 Å². The number of carbonyl (C=O) groups is 3. The predicted molar refractivity (Wildman–Crippen MR) is 149 cm³/mol. The summed E-state index contributed by atoms with van der Waals surface area (Å²) in [4.78, 5) is 38.4. The fraction of sp³-hybridized carbons (Fsp3) is 0.286. The molecular weight excluding hydrogens is 520 g/mol. The molecule has 0 bridgehead atoms. The number of hydrogen-bond donors (Lipinski definition) is 4. The summed E-state index contributed by atoms with van der Waals surface area (Å²) in [5, 5.41) is 17.0. The Hall–Kier alpha value is -4.38. The van der Waals surface area contributed by atoms with Gasteiger partial charge in [-0.1, -0.05) is 0 Å². The number of amides is 3. The second-order valence-corrected chi connectivity index (χ2v) is 10.0. The van der Waals surface area contributed by atoms with Gasteiger partial charge in [-0.2, -0.15) is 5.10 Å². The SMILES string of the molecule is CCOc1cc(/C=N\NC(=O)[C@H](C)Oc2ccc(C(=O)Nc3sc4c(c3C(N)=O)CCCC4)cc2)ccc1O. The van der Waals surface area contributed by atoms with E-state index in [1.54, 1.807) is 43.3 Å². The average Bonchev–Trinajstić information content (AvgIpc) is 3.29. The van der Waals surface area contributed by atoms with Crippen LogP contribution < -0.4 is 25.9 Å². The first kappa shape index (κ1) is 27.6. The summed E-state index contributed by atoms with van der Waals surface area (Å²) >= 11 is 1.41. The molecule has 1 aliphatic rings. The number of hydrogen-bond acceptors (Lipinski definition) is 8. The van der Waals surface area contributed by atoms with Crippen molar-refractivity contribution in [2.45, 2.75) is 45.6 Å². The van der Waals surface area contributed by atoms with Gasteiger partial charge in [0.1, 0.15) is 10.8 Å². The zero-order chi connectivity index (χ0) is 27.9. The molecule has 10 nitrogen and oxygen atoms in total. The Kier molecular flexibility index (Phi) is 8.82. The number of hydrazone groups is 1.